The molecule has 0 spiro atoms. The maximum atomic E-state index is 12.0. The van der Waals surface area contributed by atoms with E-state index in [2.05, 4.69) is 66.7 Å². The van der Waals surface area contributed by atoms with Crippen LogP contribution in [-0.2, 0) is 9.53 Å². The number of benzene rings is 3. The predicted octanol–water partition coefficient (Wildman–Crippen LogP) is 3.48. The van der Waals surface area contributed by atoms with E-state index in [1.807, 2.05) is 18.2 Å². The second-order valence-electron chi connectivity index (χ2n) is 6.11. The lowest BCUT2D eigenvalue weighted by Gasteiger charge is -2.20. The van der Waals surface area contributed by atoms with Crippen molar-refractivity contribution in [2.45, 2.75) is 12.3 Å². The third-order valence-corrected chi connectivity index (χ3v) is 6.92. The zero-order valence-corrected chi connectivity index (χ0v) is 14.7. The molecule has 3 aromatic carbocycles. The zero-order valence-electron chi connectivity index (χ0n) is 13.8. The highest BCUT2D eigenvalue weighted by Gasteiger charge is 2.28. The highest BCUT2D eigenvalue weighted by Crippen LogP contribution is 2.34. The third-order valence-electron chi connectivity index (χ3n) is 4.49. The average molecular weight is 346 g/mol. The first-order chi connectivity index (χ1) is 12.3. The highest BCUT2D eigenvalue weighted by atomic mass is 31.1. The van der Waals surface area contributed by atoms with E-state index in [4.69, 9.17) is 4.74 Å². The van der Waals surface area contributed by atoms with E-state index in [-0.39, 0.29) is 11.9 Å². The molecule has 1 unspecified atom stereocenters. The van der Waals surface area contributed by atoms with Gasteiger partial charge in [0.15, 0.2) is 0 Å². The van der Waals surface area contributed by atoms with Crippen LogP contribution in [0.25, 0.3) is 0 Å². The van der Waals surface area contributed by atoms with Crippen molar-refractivity contribution >= 4 is 29.8 Å². The molecule has 0 amide bonds. The Hall–Kier alpha value is -2.44. The first kappa shape index (κ1) is 16.1. The van der Waals surface area contributed by atoms with Gasteiger partial charge in [0.1, 0.15) is 0 Å². The average Bonchev–Trinajstić information content (AvgIpc) is 3.10. The van der Waals surface area contributed by atoms with Crippen LogP contribution in [-0.4, -0.2) is 12.6 Å². The summed E-state index contributed by atoms with van der Waals surface area (Å²) in [6.45, 7) is 0.528. The number of cyclic esters (lactones) is 1. The molecule has 3 aromatic rings. The molecule has 25 heavy (non-hydrogen) atoms. The summed E-state index contributed by atoms with van der Waals surface area (Å²) >= 11 is 0. The molecule has 0 aromatic heterocycles. The Morgan fingerprint density at radius 2 is 1.36 bits per heavy atom. The van der Waals surface area contributed by atoms with Crippen molar-refractivity contribution in [1.29, 1.82) is 0 Å². The standard InChI is InChI=1S/C22H19O2P/c23-22-21(14-15-24-22)17-8-7-13-20(16-17)25(18-9-3-1-4-10-18)19-11-5-2-6-12-19/h1-13,16,21H,14-15H2. The Balaban J connectivity index is 1.79. The molecular weight excluding hydrogens is 327 g/mol. The van der Waals surface area contributed by atoms with Gasteiger partial charge >= 0.3 is 5.97 Å². The van der Waals surface area contributed by atoms with E-state index < -0.39 is 7.92 Å². The van der Waals surface area contributed by atoms with E-state index in [1.165, 1.54) is 15.9 Å². The number of carbonyl (C=O) groups is 1. The third kappa shape index (κ3) is 3.36. The van der Waals surface area contributed by atoms with E-state index >= 15 is 0 Å². The van der Waals surface area contributed by atoms with Gasteiger partial charge in [0.25, 0.3) is 0 Å². The fourth-order valence-electron chi connectivity index (χ4n) is 3.28. The molecule has 1 saturated heterocycles. The van der Waals surface area contributed by atoms with Gasteiger partial charge in [-0.05, 0) is 41.9 Å². The Labute approximate surface area is 149 Å². The molecule has 3 heteroatoms. The molecule has 1 atom stereocenters. The Bertz CT molecular complexity index is 822. The summed E-state index contributed by atoms with van der Waals surface area (Å²) in [6, 6.07) is 29.7. The molecule has 0 saturated carbocycles. The van der Waals surface area contributed by atoms with Crippen molar-refractivity contribution in [2.24, 2.45) is 0 Å². The first-order valence-electron chi connectivity index (χ1n) is 8.50. The van der Waals surface area contributed by atoms with Crippen LogP contribution < -0.4 is 15.9 Å². The normalized spacial score (nSPS) is 16.8. The van der Waals surface area contributed by atoms with Gasteiger partial charge in [-0.15, -0.1) is 0 Å². The van der Waals surface area contributed by atoms with E-state index in [9.17, 15) is 4.79 Å². The van der Waals surface area contributed by atoms with Crippen LogP contribution in [0, 0.1) is 0 Å². The molecule has 1 aliphatic rings. The minimum Gasteiger partial charge on any atom is -0.465 e. The molecule has 1 aliphatic heterocycles. The Morgan fingerprint density at radius 1 is 0.760 bits per heavy atom. The van der Waals surface area contributed by atoms with Crippen LogP contribution >= 0.6 is 7.92 Å². The fraction of sp³-hybridized carbons (Fsp3) is 0.136. The number of esters is 1. The lowest BCUT2D eigenvalue weighted by atomic mass is 9.98. The van der Waals surface area contributed by atoms with Crippen LogP contribution in [0.5, 0.6) is 0 Å². The predicted molar refractivity (Wildman–Crippen MR) is 103 cm³/mol. The van der Waals surface area contributed by atoms with Crippen molar-refractivity contribution in [1.82, 2.24) is 0 Å². The lowest BCUT2D eigenvalue weighted by molar-refractivity contribution is -0.139. The highest BCUT2D eigenvalue weighted by molar-refractivity contribution is 7.79. The molecule has 1 heterocycles. The first-order valence-corrected chi connectivity index (χ1v) is 9.84. The van der Waals surface area contributed by atoms with Crippen LogP contribution in [0.15, 0.2) is 84.9 Å². The second-order valence-corrected chi connectivity index (χ2v) is 8.33. The van der Waals surface area contributed by atoms with Gasteiger partial charge in [-0.2, -0.15) is 0 Å². The Morgan fingerprint density at radius 3 is 1.92 bits per heavy atom. The largest absolute Gasteiger partial charge is 0.465 e. The molecule has 0 N–H and O–H groups in total. The smallest absolute Gasteiger partial charge is 0.313 e. The van der Waals surface area contributed by atoms with Crippen molar-refractivity contribution < 1.29 is 9.53 Å². The molecular formula is C22H19O2P. The minimum atomic E-state index is -0.643. The van der Waals surface area contributed by atoms with Crippen molar-refractivity contribution in [3.05, 3.63) is 90.5 Å². The SMILES string of the molecule is O=C1OCCC1c1cccc(P(c2ccccc2)c2ccccc2)c1. The van der Waals surface area contributed by atoms with Gasteiger partial charge in [-0.3, -0.25) is 4.79 Å². The van der Waals surface area contributed by atoms with Gasteiger partial charge in [0.05, 0.1) is 12.5 Å². The van der Waals surface area contributed by atoms with Gasteiger partial charge in [0, 0.05) is 0 Å². The molecule has 124 valence electrons. The van der Waals surface area contributed by atoms with Crippen LogP contribution in [0.4, 0.5) is 0 Å². The lowest BCUT2D eigenvalue weighted by Crippen LogP contribution is -2.21. The molecule has 2 nitrogen and oxygen atoms in total. The summed E-state index contributed by atoms with van der Waals surface area (Å²) in [5, 5.41) is 3.90. The van der Waals surface area contributed by atoms with E-state index in [1.54, 1.807) is 0 Å². The van der Waals surface area contributed by atoms with Gasteiger partial charge in [-0.1, -0.05) is 78.9 Å². The second kappa shape index (κ2) is 7.21. The van der Waals surface area contributed by atoms with Crippen LogP contribution in [0.3, 0.4) is 0 Å². The molecule has 1 fully saturated rings. The van der Waals surface area contributed by atoms with Crippen molar-refractivity contribution in [3.8, 4) is 0 Å². The summed E-state index contributed by atoms with van der Waals surface area (Å²) in [7, 11) is -0.643. The maximum Gasteiger partial charge on any atom is 0.313 e. The number of ether oxygens (including phenoxy) is 1. The van der Waals surface area contributed by atoms with Gasteiger partial charge < -0.3 is 4.74 Å². The molecule has 0 bridgehead atoms. The summed E-state index contributed by atoms with van der Waals surface area (Å²) in [4.78, 5) is 12.0. The van der Waals surface area contributed by atoms with Gasteiger partial charge in [0.2, 0.25) is 0 Å². The number of rotatable bonds is 4. The van der Waals surface area contributed by atoms with Crippen molar-refractivity contribution in [3.63, 3.8) is 0 Å². The number of hydrogen-bond acceptors (Lipinski definition) is 2. The topological polar surface area (TPSA) is 26.3 Å². The van der Waals surface area contributed by atoms with Crippen molar-refractivity contribution in [2.75, 3.05) is 6.61 Å². The summed E-state index contributed by atoms with van der Waals surface area (Å²) in [5.41, 5.74) is 1.07. The summed E-state index contributed by atoms with van der Waals surface area (Å²) in [5.74, 6) is -0.218. The van der Waals surface area contributed by atoms with E-state index in [0.29, 0.717) is 6.61 Å². The number of carbonyl (C=O) groups excluding carboxylic acids is 1. The quantitative estimate of drug-likeness (QED) is 0.534. The van der Waals surface area contributed by atoms with Crippen LogP contribution in [0.1, 0.15) is 17.9 Å². The zero-order chi connectivity index (χ0) is 17.1. The van der Waals surface area contributed by atoms with Crippen LogP contribution in [0.2, 0.25) is 0 Å². The monoisotopic (exact) mass is 346 g/mol. The molecule has 0 aliphatic carbocycles. The minimum absolute atomic E-state index is 0.0964. The summed E-state index contributed by atoms with van der Waals surface area (Å²) < 4.78 is 5.16. The van der Waals surface area contributed by atoms with Gasteiger partial charge in [-0.25, -0.2) is 0 Å². The Kier molecular flexibility index (Phi) is 4.63. The maximum absolute atomic E-state index is 12.0. The fourth-order valence-corrected chi connectivity index (χ4v) is 5.63. The summed E-state index contributed by atoms with van der Waals surface area (Å²) in [6.07, 6.45) is 0.775. The molecule has 0 radical (unpaired) electrons. The molecule has 4 rings (SSSR count). The number of hydrogen-bond donors (Lipinski definition) is 0. The van der Waals surface area contributed by atoms with E-state index in [0.717, 1.165) is 12.0 Å².